The minimum Gasteiger partial charge on any atom is -0.489 e. The van der Waals surface area contributed by atoms with Crippen LogP contribution < -0.4 is 4.74 Å². The lowest BCUT2D eigenvalue weighted by Crippen LogP contribution is -2.42. The predicted molar refractivity (Wildman–Crippen MR) is 157 cm³/mol. The third-order valence-electron chi connectivity index (χ3n) is 7.93. The van der Waals surface area contributed by atoms with Crippen LogP contribution in [-0.2, 0) is 27.5 Å². The molecular formula is C35H33NO5. The molecule has 0 spiro atoms. The first-order valence-corrected chi connectivity index (χ1v) is 14.1. The molecule has 41 heavy (non-hydrogen) atoms. The summed E-state index contributed by atoms with van der Waals surface area (Å²) in [6.45, 7) is 3.38. The van der Waals surface area contributed by atoms with Gasteiger partial charge in [-0.2, -0.15) is 0 Å². The van der Waals surface area contributed by atoms with Crippen molar-refractivity contribution < 1.29 is 23.8 Å². The summed E-state index contributed by atoms with van der Waals surface area (Å²) in [5.41, 5.74) is 7.84. The Labute approximate surface area is 240 Å². The number of nitrogens with zero attached hydrogens (tertiary/aromatic N) is 1. The molecule has 0 unspecified atom stereocenters. The third kappa shape index (κ3) is 5.82. The highest BCUT2D eigenvalue weighted by atomic mass is 16.6. The van der Waals surface area contributed by atoms with E-state index < -0.39 is 18.1 Å². The van der Waals surface area contributed by atoms with Crippen molar-refractivity contribution in [2.24, 2.45) is 0 Å². The lowest BCUT2D eigenvalue weighted by Gasteiger charge is -2.24. The molecule has 0 saturated carbocycles. The Morgan fingerprint density at radius 1 is 0.756 bits per heavy atom. The number of benzene rings is 4. The summed E-state index contributed by atoms with van der Waals surface area (Å²) in [5, 5.41) is 0. The van der Waals surface area contributed by atoms with E-state index in [-0.39, 0.29) is 19.1 Å². The summed E-state index contributed by atoms with van der Waals surface area (Å²) in [6.07, 6.45) is 0.826. The van der Waals surface area contributed by atoms with Crippen molar-refractivity contribution in [3.05, 3.63) is 125 Å². The van der Waals surface area contributed by atoms with Gasteiger partial charge in [0.1, 0.15) is 31.6 Å². The van der Waals surface area contributed by atoms with Crippen LogP contribution in [0.1, 0.15) is 46.6 Å². The van der Waals surface area contributed by atoms with Gasteiger partial charge < -0.3 is 14.2 Å². The van der Waals surface area contributed by atoms with Gasteiger partial charge in [0.2, 0.25) is 0 Å². The first kappa shape index (κ1) is 26.6. The Balaban J connectivity index is 1.01. The number of hydrogen-bond donors (Lipinski definition) is 0. The number of carbonyl (C=O) groups is 2. The van der Waals surface area contributed by atoms with E-state index in [9.17, 15) is 9.59 Å². The average molecular weight is 548 g/mol. The molecule has 1 saturated heterocycles. The monoisotopic (exact) mass is 547 g/mol. The van der Waals surface area contributed by atoms with Crippen molar-refractivity contribution in [2.75, 3.05) is 13.2 Å². The highest BCUT2D eigenvalue weighted by Crippen LogP contribution is 2.44. The third-order valence-corrected chi connectivity index (χ3v) is 7.93. The zero-order valence-corrected chi connectivity index (χ0v) is 23.1. The number of rotatable bonds is 8. The topological polar surface area (TPSA) is 65.1 Å². The van der Waals surface area contributed by atoms with Crippen LogP contribution in [0.25, 0.3) is 11.1 Å². The molecule has 0 bridgehead atoms. The lowest BCUT2D eigenvalue weighted by atomic mass is 9.98. The van der Waals surface area contributed by atoms with Gasteiger partial charge in [0.15, 0.2) is 0 Å². The molecule has 0 radical (unpaired) electrons. The number of hydrogen-bond acceptors (Lipinski definition) is 5. The van der Waals surface area contributed by atoms with Gasteiger partial charge in [0.05, 0.1) is 0 Å². The van der Waals surface area contributed by atoms with Crippen LogP contribution in [0.3, 0.4) is 0 Å². The van der Waals surface area contributed by atoms with Gasteiger partial charge in [-0.1, -0.05) is 90.5 Å². The Morgan fingerprint density at radius 3 is 2.05 bits per heavy atom. The molecule has 1 fully saturated rings. The Hall–Kier alpha value is -4.58. The maximum atomic E-state index is 13.1. The summed E-state index contributed by atoms with van der Waals surface area (Å²) >= 11 is 0. The van der Waals surface area contributed by atoms with Gasteiger partial charge in [-0.25, -0.2) is 9.59 Å². The van der Waals surface area contributed by atoms with E-state index in [2.05, 4.69) is 55.5 Å². The second-order valence-corrected chi connectivity index (χ2v) is 10.7. The fourth-order valence-electron chi connectivity index (χ4n) is 5.69. The van der Waals surface area contributed by atoms with Crippen LogP contribution in [0.15, 0.2) is 97.1 Å². The number of ether oxygens (including phenoxy) is 3. The fourth-order valence-corrected chi connectivity index (χ4v) is 5.69. The van der Waals surface area contributed by atoms with Crippen LogP contribution in [0, 0.1) is 6.92 Å². The van der Waals surface area contributed by atoms with E-state index in [0.717, 1.165) is 34.4 Å². The van der Waals surface area contributed by atoms with Crippen molar-refractivity contribution in [3.8, 4) is 16.9 Å². The molecule has 6 nitrogen and oxygen atoms in total. The summed E-state index contributed by atoms with van der Waals surface area (Å²) in [5.74, 6) is 0.316. The average Bonchev–Trinajstić information content (AvgIpc) is 3.63. The number of likely N-dealkylation sites (tertiary alicyclic amines) is 1. The van der Waals surface area contributed by atoms with Crippen LogP contribution in [0.4, 0.5) is 4.79 Å². The second kappa shape index (κ2) is 11.9. The van der Waals surface area contributed by atoms with Crippen LogP contribution in [0.5, 0.6) is 5.75 Å². The number of amides is 1. The number of fused-ring (bicyclic) bond motifs is 3. The van der Waals surface area contributed by atoms with Crippen LogP contribution in [0.2, 0.25) is 0 Å². The van der Waals surface area contributed by atoms with E-state index in [1.807, 2.05) is 48.5 Å². The lowest BCUT2D eigenvalue weighted by molar-refractivity contribution is -0.149. The quantitative estimate of drug-likeness (QED) is 0.222. The van der Waals surface area contributed by atoms with Gasteiger partial charge in [0.25, 0.3) is 0 Å². The van der Waals surface area contributed by atoms with Crippen LogP contribution >= 0.6 is 0 Å². The molecule has 2 aliphatic rings. The van der Waals surface area contributed by atoms with Gasteiger partial charge in [-0.15, -0.1) is 0 Å². The Bertz CT molecular complexity index is 1480. The van der Waals surface area contributed by atoms with E-state index in [0.29, 0.717) is 19.6 Å². The molecule has 1 atom stereocenters. The zero-order valence-electron chi connectivity index (χ0n) is 23.1. The van der Waals surface area contributed by atoms with Gasteiger partial charge in [0, 0.05) is 12.5 Å². The fraction of sp³-hybridized carbons (Fsp3) is 0.257. The first-order valence-electron chi connectivity index (χ1n) is 14.1. The standard InChI is InChI=1S/C35H33NO5/c1-24-12-14-25(15-13-24)21-39-27-18-16-26(17-19-27)22-40-34(37)33-11-6-20-36(33)35(38)41-23-32-30-9-4-2-7-28(30)29-8-3-5-10-31(29)32/h2-5,7-10,12-19,32-33H,6,11,20-23H2,1H3/t33-/m0/s1. The van der Waals surface area contributed by atoms with Crippen molar-refractivity contribution in [3.63, 3.8) is 0 Å². The molecular weight excluding hydrogens is 514 g/mol. The molecule has 6 rings (SSSR count). The molecule has 0 aromatic heterocycles. The number of carbonyl (C=O) groups excluding carboxylic acids is 2. The number of esters is 1. The van der Waals surface area contributed by atoms with Crippen molar-refractivity contribution >= 4 is 12.1 Å². The molecule has 4 aromatic rings. The van der Waals surface area contributed by atoms with E-state index >= 15 is 0 Å². The molecule has 1 aliphatic carbocycles. The molecule has 1 aliphatic heterocycles. The predicted octanol–water partition coefficient (Wildman–Crippen LogP) is 7.03. The van der Waals surface area contributed by atoms with Gasteiger partial charge in [-0.3, -0.25) is 4.90 Å². The van der Waals surface area contributed by atoms with Crippen molar-refractivity contribution in [2.45, 2.75) is 44.9 Å². The summed E-state index contributed by atoms with van der Waals surface area (Å²) in [4.78, 5) is 27.6. The largest absolute Gasteiger partial charge is 0.489 e. The Morgan fingerprint density at radius 2 is 1.37 bits per heavy atom. The van der Waals surface area contributed by atoms with E-state index in [1.54, 1.807) is 0 Å². The summed E-state index contributed by atoms with van der Waals surface area (Å²) < 4.78 is 17.3. The SMILES string of the molecule is Cc1ccc(COc2ccc(COC(=O)[C@@H]3CCCN3C(=O)OCC3c4ccccc4-c4ccccc43)cc2)cc1. The first-order chi connectivity index (χ1) is 20.1. The highest BCUT2D eigenvalue weighted by Gasteiger charge is 2.37. The molecule has 1 heterocycles. The van der Waals surface area contributed by atoms with Crippen LogP contribution in [-0.4, -0.2) is 36.2 Å². The van der Waals surface area contributed by atoms with Crippen molar-refractivity contribution in [1.29, 1.82) is 0 Å². The van der Waals surface area contributed by atoms with Crippen molar-refractivity contribution in [1.82, 2.24) is 4.90 Å². The molecule has 0 N–H and O–H groups in total. The summed E-state index contributed by atoms with van der Waals surface area (Å²) in [7, 11) is 0. The minimum atomic E-state index is -0.636. The van der Waals surface area contributed by atoms with E-state index in [4.69, 9.17) is 14.2 Å². The van der Waals surface area contributed by atoms with E-state index in [1.165, 1.54) is 21.6 Å². The van der Waals surface area contributed by atoms with Gasteiger partial charge >= 0.3 is 12.1 Å². The minimum absolute atomic E-state index is 0.0248. The Kier molecular flexibility index (Phi) is 7.72. The maximum Gasteiger partial charge on any atom is 0.410 e. The maximum absolute atomic E-state index is 13.1. The molecule has 4 aromatic carbocycles. The molecule has 208 valence electrons. The zero-order chi connectivity index (χ0) is 28.2. The second-order valence-electron chi connectivity index (χ2n) is 10.7. The summed E-state index contributed by atoms with van der Waals surface area (Å²) in [6, 6.07) is 31.6. The highest BCUT2D eigenvalue weighted by molar-refractivity contribution is 5.82. The molecule has 6 heteroatoms. The normalized spacial score (nSPS) is 15.7. The molecule has 1 amide bonds. The smallest absolute Gasteiger partial charge is 0.410 e. The van der Waals surface area contributed by atoms with Gasteiger partial charge in [-0.05, 0) is 65.3 Å². The number of aryl methyl sites for hydroxylation is 1.